The second kappa shape index (κ2) is 6.24. The summed E-state index contributed by atoms with van der Waals surface area (Å²) in [4.78, 5) is 2.35. The Morgan fingerprint density at radius 3 is 2.89 bits per heavy atom. The second-order valence-corrected chi connectivity index (χ2v) is 5.70. The largest absolute Gasteiger partial charge is 0.374 e. The van der Waals surface area contributed by atoms with Gasteiger partial charge in [-0.2, -0.15) is 0 Å². The van der Waals surface area contributed by atoms with E-state index in [1.165, 1.54) is 49.0 Å². The van der Waals surface area contributed by atoms with E-state index >= 15 is 0 Å². The third-order valence-corrected chi connectivity index (χ3v) is 3.72. The maximum absolute atomic E-state index is 3.47. The lowest BCUT2D eigenvalue weighted by Gasteiger charge is -2.12. The number of anilines is 1. The summed E-state index contributed by atoms with van der Waals surface area (Å²) < 4.78 is 0. The van der Waals surface area contributed by atoms with E-state index in [1.807, 2.05) is 0 Å². The second-order valence-electron chi connectivity index (χ2n) is 5.70. The van der Waals surface area contributed by atoms with Gasteiger partial charge in [0, 0.05) is 25.3 Å². The lowest BCUT2D eigenvalue weighted by Crippen LogP contribution is -2.23. The maximum atomic E-state index is 3.47. The number of unbranched alkanes of at least 4 members (excludes halogenated alkanes) is 1. The van der Waals surface area contributed by atoms with Crippen LogP contribution >= 0.6 is 0 Å². The highest BCUT2D eigenvalue weighted by atomic mass is 15.1. The molecule has 0 unspecified atom stereocenters. The molecule has 2 rings (SSSR count). The molecule has 2 nitrogen and oxygen atoms in total. The molecule has 1 aromatic rings. The third kappa shape index (κ3) is 3.49. The van der Waals surface area contributed by atoms with Crippen molar-refractivity contribution in [3.8, 4) is 0 Å². The first kappa shape index (κ1) is 13.4. The topological polar surface area (TPSA) is 15.3 Å². The first-order chi connectivity index (χ1) is 8.66. The Morgan fingerprint density at radius 2 is 2.11 bits per heavy atom. The summed E-state index contributed by atoms with van der Waals surface area (Å²) >= 11 is 0. The third-order valence-electron chi connectivity index (χ3n) is 3.72. The molecule has 0 radical (unpaired) electrons. The van der Waals surface area contributed by atoms with Gasteiger partial charge in [0.2, 0.25) is 0 Å². The highest BCUT2D eigenvalue weighted by Gasteiger charge is 2.15. The van der Waals surface area contributed by atoms with Crippen molar-refractivity contribution in [1.29, 1.82) is 0 Å². The smallest absolute Gasteiger partial charge is 0.0397 e. The van der Waals surface area contributed by atoms with Crippen LogP contribution in [-0.2, 0) is 12.8 Å². The van der Waals surface area contributed by atoms with Crippen molar-refractivity contribution in [2.75, 3.05) is 25.0 Å². The summed E-state index contributed by atoms with van der Waals surface area (Å²) in [6, 6.07) is 7.62. The fourth-order valence-electron chi connectivity index (χ4n) is 2.62. The standard InChI is InChI=1S/C16H26N2/c1-13(2)17-10-5-4-6-14-7-8-16-15(12-14)9-11-18(16)3/h7-8,12-13,17H,4-6,9-11H2,1-3H3. The molecule has 0 spiro atoms. The lowest BCUT2D eigenvalue weighted by molar-refractivity contribution is 0.557. The first-order valence-electron chi connectivity index (χ1n) is 7.23. The van der Waals surface area contributed by atoms with E-state index in [1.54, 1.807) is 0 Å². The van der Waals surface area contributed by atoms with Crippen LogP contribution in [0.1, 0.15) is 37.8 Å². The highest BCUT2D eigenvalue weighted by Crippen LogP contribution is 2.27. The number of aryl methyl sites for hydroxylation is 1. The molecule has 0 aromatic heterocycles. The average molecular weight is 246 g/mol. The van der Waals surface area contributed by atoms with Crippen molar-refractivity contribution < 1.29 is 0 Å². The summed E-state index contributed by atoms with van der Waals surface area (Å²) in [5.41, 5.74) is 4.48. The van der Waals surface area contributed by atoms with Crippen LogP contribution in [0.5, 0.6) is 0 Å². The Balaban J connectivity index is 1.77. The number of nitrogens with zero attached hydrogens (tertiary/aromatic N) is 1. The Bertz CT molecular complexity index is 385. The molecule has 1 N–H and O–H groups in total. The van der Waals surface area contributed by atoms with E-state index in [4.69, 9.17) is 0 Å². The van der Waals surface area contributed by atoms with Gasteiger partial charge in [-0.3, -0.25) is 0 Å². The van der Waals surface area contributed by atoms with Gasteiger partial charge in [0.05, 0.1) is 0 Å². The zero-order valence-corrected chi connectivity index (χ0v) is 12.0. The van der Waals surface area contributed by atoms with Crippen LogP contribution < -0.4 is 10.2 Å². The van der Waals surface area contributed by atoms with E-state index < -0.39 is 0 Å². The van der Waals surface area contributed by atoms with Crippen molar-refractivity contribution >= 4 is 5.69 Å². The van der Waals surface area contributed by atoms with Crippen LogP contribution in [0.15, 0.2) is 18.2 Å². The fourth-order valence-corrected chi connectivity index (χ4v) is 2.62. The molecule has 2 heteroatoms. The molecular formula is C16H26N2. The molecule has 0 fully saturated rings. The van der Waals surface area contributed by atoms with Crippen molar-refractivity contribution in [3.63, 3.8) is 0 Å². The van der Waals surface area contributed by atoms with Crippen LogP contribution in [-0.4, -0.2) is 26.2 Å². The maximum Gasteiger partial charge on any atom is 0.0397 e. The Labute approximate surface area is 111 Å². The summed E-state index contributed by atoms with van der Waals surface area (Å²) in [6.45, 7) is 6.73. The molecule has 18 heavy (non-hydrogen) atoms. The average Bonchev–Trinajstić information content (AvgIpc) is 2.70. The minimum atomic E-state index is 0.612. The molecule has 0 amide bonds. The lowest BCUT2D eigenvalue weighted by atomic mass is 10.0. The van der Waals surface area contributed by atoms with Crippen LogP contribution in [0.3, 0.4) is 0 Å². The number of nitrogens with one attached hydrogen (secondary N) is 1. The molecule has 1 heterocycles. The quantitative estimate of drug-likeness (QED) is 0.776. The summed E-state index contributed by atoms with van der Waals surface area (Å²) in [6.07, 6.45) is 4.99. The van der Waals surface area contributed by atoms with E-state index in [0.717, 1.165) is 6.54 Å². The molecule has 0 saturated carbocycles. The van der Waals surface area contributed by atoms with Gasteiger partial charge >= 0.3 is 0 Å². The number of benzene rings is 1. The minimum Gasteiger partial charge on any atom is -0.374 e. The van der Waals surface area contributed by atoms with Crippen LogP contribution in [0.4, 0.5) is 5.69 Å². The number of likely N-dealkylation sites (N-methyl/N-ethyl adjacent to an activating group) is 1. The van der Waals surface area contributed by atoms with E-state index in [9.17, 15) is 0 Å². The molecule has 1 aliphatic rings. The first-order valence-corrected chi connectivity index (χ1v) is 7.23. The molecule has 1 aliphatic heterocycles. The van der Waals surface area contributed by atoms with Gasteiger partial charge in [-0.25, -0.2) is 0 Å². The molecule has 0 saturated heterocycles. The van der Waals surface area contributed by atoms with E-state index in [-0.39, 0.29) is 0 Å². The van der Waals surface area contributed by atoms with Gasteiger partial charge < -0.3 is 10.2 Å². The van der Waals surface area contributed by atoms with Crippen LogP contribution in [0.25, 0.3) is 0 Å². The van der Waals surface area contributed by atoms with Crippen molar-refractivity contribution in [2.24, 2.45) is 0 Å². The number of hydrogen-bond donors (Lipinski definition) is 1. The number of hydrogen-bond acceptors (Lipinski definition) is 2. The van der Waals surface area contributed by atoms with Gasteiger partial charge in [-0.15, -0.1) is 0 Å². The van der Waals surface area contributed by atoms with Gasteiger partial charge in [-0.1, -0.05) is 26.0 Å². The van der Waals surface area contributed by atoms with Crippen molar-refractivity contribution in [2.45, 2.75) is 45.6 Å². The molecule has 0 atom stereocenters. The normalized spacial score (nSPS) is 14.3. The van der Waals surface area contributed by atoms with Gasteiger partial charge in [0.1, 0.15) is 0 Å². The Morgan fingerprint density at radius 1 is 1.28 bits per heavy atom. The van der Waals surface area contributed by atoms with Crippen LogP contribution in [0, 0.1) is 0 Å². The minimum absolute atomic E-state index is 0.612. The monoisotopic (exact) mass is 246 g/mol. The molecular weight excluding hydrogens is 220 g/mol. The van der Waals surface area contributed by atoms with Gasteiger partial charge in [0.15, 0.2) is 0 Å². The summed E-state index contributed by atoms with van der Waals surface area (Å²) in [5, 5.41) is 3.47. The predicted molar refractivity (Wildman–Crippen MR) is 79.5 cm³/mol. The van der Waals surface area contributed by atoms with E-state index in [0.29, 0.717) is 6.04 Å². The predicted octanol–water partition coefficient (Wildman–Crippen LogP) is 3.00. The number of fused-ring (bicyclic) bond motifs is 1. The summed E-state index contributed by atoms with van der Waals surface area (Å²) in [5.74, 6) is 0. The zero-order valence-electron chi connectivity index (χ0n) is 12.0. The SMILES string of the molecule is CC(C)NCCCCc1ccc2c(c1)CCN2C. The highest BCUT2D eigenvalue weighted by molar-refractivity contribution is 5.58. The van der Waals surface area contributed by atoms with E-state index in [2.05, 4.69) is 49.3 Å². The van der Waals surface area contributed by atoms with Crippen LogP contribution in [0.2, 0.25) is 0 Å². The molecule has 100 valence electrons. The fraction of sp³-hybridized carbons (Fsp3) is 0.625. The molecule has 1 aromatic carbocycles. The molecule has 0 aliphatic carbocycles. The summed E-state index contributed by atoms with van der Waals surface area (Å²) in [7, 11) is 2.18. The van der Waals surface area contributed by atoms with Crippen molar-refractivity contribution in [1.82, 2.24) is 5.32 Å². The Kier molecular flexibility index (Phi) is 4.65. The zero-order chi connectivity index (χ0) is 13.0. The van der Waals surface area contributed by atoms with Gasteiger partial charge in [0.25, 0.3) is 0 Å². The Hall–Kier alpha value is -1.02. The molecule has 0 bridgehead atoms. The van der Waals surface area contributed by atoms with Crippen molar-refractivity contribution in [3.05, 3.63) is 29.3 Å². The van der Waals surface area contributed by atoms with Gasteiger partial charge in [-0.05, 0) is 49.4 Å². The number of rotatable bonds is 6.